The number of hydrogen-bond donors (Lipinski definition) is 2. The van der Waals surface area contributed by atoms with Gasteiger partial charge < -0.3 is 10.2 Å². The lowest BCUT2D eigenvalue weighted by molar-refractivity contribution is -0.189. The third kappa shape index (κ3) is 1.49. The number of aliphatic hydroxyl groups is 2. The Morgan fingerprint density at radius 2 is 1.78 bits per heavy atom. The zero-order valence-corrected chi connectivity index (χ0v) is 14.5. The van der Waals surface area contributed by atoms with Crippen LogP contribution >= 0.6 is 0 Å². The number of ketones is 1. The van der Waals surface area contributed by atoms with Crippen LogP contribution < -0.4 is 0 Å². The Bertz CT molecular complexity index is 581. The number of carbonyl (C=O) groups excluding carboxylic acids is 1. The summed E-state index contributed by atoms with van der Waals surface area (Å²) in [5.74, 6) is 3.05. The highest BCUT2D eigenvalue weighted by Gasteiger charge is 2.78. The molecule has 6 rings (SSSR count). The summed E-state index contributed by atoms with van der Waals surface area (Å²) in [6, 6.07) is 0. The van der Waals surface area contributed by atoms with E-state index in [-0.39, 0.29) is 24.4 Å². The van der Waals surface area contributed by atoms with Gasteiger partial charge in [0.25, 0.3) is 0 Å². The Morgan fingerprint density at radius 3 is 2.39 bits per heavy atom. The molecular weight excluding hydrogens is 288 g/mol. The minimum Gasteiger partial charge on any atom is -0.396 e. The first-order chi connectivity index (χ1) is 10.8. The van der Waals surface area contributed by atoms with Crippen LogP contribution in [0, 0.1) is 45.3 Å². The minimum absolute atomic E-state index is 0.00602. The van der Waals surface area contributed by atoms with Crippen molar-refractivity contribution < 1.29 is 15.0 Å². The predicted molar refractivity (Wildman–Crippen MR) is 86.5 cm³/mol. The van der Waals surface area contributed by atoms with Crippen molar-refractivity contribution >= 4 is 5.78 Å². The molecule has 0 aromatic carbocycles. The second-order valence-electron chi connectivity index (χ2n) is 10.4. The zero-order chi connectivity index (χ0) is 16.3. The fraction of sp³-hybridized carbons (Fsp3) is 0.950. The molecule has 6 aliphatic carbocycles. The van der Waals surface area contributed by atoms with Gasteiger partial charge in [0.05, 0.1) is 13.2 Å². The fourth-order valence-electron chi connectivity index (χ4n) is 8.85. The molecule has 0 aromatic rings. The molecule has 1 spiro atoms. The lowest BCUT2D eigenvalue weighted by atomic mass is 9.39. The van der Waals surface area contributed by atoms with Crippen molar-refractivity contribution in [1.29, 1.82) is 0 Å². The molecule has 3 heteroatoms. The van der Waals surface area contributed by atoms with Crippen molar-refractivity contribution in [2.24, 2.45) is 45.3 Å². The lowest BCUT2D eigenvalue weighted by Gasteiger charge is -2.65. The van der Waals surface area contributed by atoms with Crippen LogP contribution in [0.3, 0.4) is 0 Å². The van der Waals surface area contributed by atoms with Gasteiger partial charge in [0, 0.05) is 18.3 Å². The molecule has 23 heavy (non-hydrogen) atoms. The summed E-state index contributed by atoms with van der Waals surface area (Å²) in [5, 5.41) is 20.1. The van der Waals surface area contributed by atoms with Gasteiger partial charge in [0.1, 0.15) is 5.78 Å². The van der Waals surface area contributed by atoms with Crippen LogP contribution in [0.1, 0.15) is 58.8 Å². The molecule has 2 N–H and O–H groups in total. The molecular formula is C20H30O3. The van der Waals surface area contributed by atoms with E-state index in [2.05, 4.69) is 13.8 Å². The Balaban J connectivity index is 1.57. The smallest absolute Gasteiger partial charge is 0.134 e. The molecule has 6 saturated carbocycles. The number of Topliss-reactive ketones (excluding diaryl/α,β-unsaturated/α-hetero) is 1. The minimum atomic E-state index is -0.570. The van der Waals surface area contributed by atoms with E-state index in [1.807, 2.05) is 0 Å². The van der Waals surface area contributed by atoms with Crippen LogP contribution in [0.2, 0.25) is 0 Å². The summed E-state index contributed by atoms with van der Waals surface area (Å²) in [6.45, 7) is 4.75. The van der Waals surface area contributed by atoms with Crippen LogP contribution in [0.15, 0.2) is 0 Å². The van der Waals surface area contributed by atoms with E-state index >= 15 is 0 Å². The SMILES string of the molecule is CC12CC34CCC5C(CO)(CO)CC(=O)CC5(C)C3CC1C2C4. The average molecular weight is 318 g/mol. The van der Waals surface area contributed by atoms with E-state index in [0.717, 1.165) is 18.3 Å². The number of fused-ring (bicyclic) bond motifs is 1. The third-order valence-corrected chi connectivity index (χ3v) is 9.68. The van der Waals surface area contributed by atoms with E-state index in [4.69, 9.17) is 0 Å². The Hall–Kier alpha value is -0.410. The number of hydrogen-bond acceptors (Lipinski definition) is 3. The maximum Gasteiger partial charge on any atom is 0.134 e. The molecule has 4 bridgehead atoms. The molecule has 6 fully saturated rings. The summed E-state index contributed by atoms with van der Waals surface area (Å²) in [6.07, 6.45) is 7.47. The topological polar surface area (TPSA) is 57.5 Å². The van der Waals surface area contributed by atoms with Crippen molar-refractivity contribution in [2.45, 2.75) is 58.8 Å². The van der Waals surface area contributed by atoms with Crippen molar-refractivity contribution in [3.63, 3.8) is 0 Å². The summed E-state index contributed by atoms with van der Waals surface area (Å²) in [4.78, 5) is 12.6. The van der Waals surface area contributed by atoms with E-state index < -0.39 is 5.41 Å². The van der Waals surface area contributed by atoms with E-state index in [0.29, 0.717) is 35.5 Å². The largest absolute Gasteiger partial charge is 0.396 e. The quantitative estimate of drug-likeness (QED) is 0.823. The van der Waals surface area contributed by atoms with Gasteiger partial charge in [-0.05, 0) is 72.0 Å². The van der Waals surface area contributed by atoms with Gasteiger partial charge in [-0.15, -0.1) is 0 Å². The van der Waals surface area contributed by atoms with E-state index in [9.17, 15) is 15.0 Å². The molecule has 0 amide bonds. The number of rotatable bonds is 2. The van der Waals surface area contributed by atoms with Crippen LogP contribution in [-0.2, 0) is 4.79 Å². The van der Waals surface area contributed by atoms with Gasteiger partial charge in [-0.25, -0.2) is 0 Å². The second kappa shape index (κ2) is 4.04. The highest BCUT2D eigenvalue weighted by Crippen LogP contribution is 2.85. The highest BCUT2D eigenvalue weighted by molar-refractivity contribution is 5.81. The maximum absolute atomic E-state index is 12.6. The molecule has 128 valence electrons. The van der Waals surface area contributed by atoms with Crippen molar-refractivity contribution in [1.82, 2.24) is 0 Å². The first-order valence-electron chi connectivity index (χ1n) is 9.57. The maximum atomic E-state index is 12.6. The zero-order valence-electron chi connectivity index (χ0n) is 14.5. The lowest BCUT2D eigenvalue weighted by Crippen LogP contribution is -2.61. The number of carbonyl (C=O) groups is 1. The Kier molecular flexibility index (Phi) is 2.62. The third-order valence-electron chi connectivity index (χ3n) is 9.68. The first-order valence-corrected chi connectivity index (χ1v) is 9.57. The molecule has 6 aliphatic rings. The summed E-state index contributed by atoms with van der Waals surface area (Å²) < 4.78 is 0. The summed E-state index contributed by atoms with van der Waals surface area (Å²) in [7, 11) is 0. The van der Waals surface area contributed by atoms with Crippen LogP contribution in [0.5, 0.6) is 0 Å². The highest BCUT2D eigenvalue weighted by atomic mass is 16.3. The van der Waals surface area contributed by atoms with Gasteiger partial charge >= 0.3 is 0 Å². The van der Waals surface area contributed by atoms with Crippen LogP contribution in [0.25, 0.3) is 0 Å². The standard InChI is InChI=1S/C20H30O3/c1-17-6-12(23)7-20(10-21,11-22)15(17)3-4-19-8-14-13(5-16(17)19)18(14,2)9-19/h13-16,21-22H,3-11H2,1-2H3. The van der Waals surface area contributed by atoms with Gasteiger partial charge in [-0.3, -0.25) is 4.79 Å². The Labute approximate surface area is 138 Å². The van der Waals surface area contributed by atoms with Gasteiger partial charge in [0.2, 0.25) is 0 Å². The normalized spacial score (nSPS) is 58.5. The molecule has 0 aliphatic heterocycles. The van der Waals surface area contributed by atoms with Gasteiger partial charge in [0.15, 0.2) is 0 Å². The monoisotopic (exact) mass is 318 g/mol. The first kappa shape index (κ1) is 14.9. The predicted octanol–water partition coefficient (Wildman–Crippen LogP) is 2.79. The van der Waals surface area contributed by atoms with E-state index in [1.165, 1.54) is 25.7 Å². The van der Waals surface area contributed by atoms with Crippen molar-refractivity contribution in [3.05, 3.63) is 0 Å². The van der Waals surface area contributed by atoms with Gasteiger partial charge in [-0.2, -0.15) is 0 Å². The van der Waals surface area contributed by atoms with Crippen LogP contribution in [-0.4, -0.2) is 29.2 Å². The molecule has 3 nitrogen and oxygen atoms in total. The fourth-order valence-corrected chi connectivity index (χ4v) is 8.85. The Morgan fingerprint density at radius 1 is 1.04 bits per heavy atom. The van der Waals surface area contributed by atoms with Crippen molar-refractivity contribution in [2.75, 3.05) is 13.2 Å². The summed E-state index contributed by atoms with van der Waals surface area (Å²) >= 11 is 0. The van der Waals surface area contributed by atoms with Crippen LogP contribution in [0.4, 0.5) is 0 Å². The molecule has 7 unspecified atom stereocenters. The van der Waals surface area contributed by atoms with E-state index in [1.54, 1.807) is 0 Å². The molecule has 0 radical (unpaired) electrons. The molecule has 0 saturated heterocycles. The van der Waals surface area contributed by atoms with Gasteiger partial charge in [-0.1, -0.05) is 13.8 Å². The molecule has 0 heterocycles. The summed E-state index contributed by atoms with van der Waals surface area (Å²) in [5.41, 5.74) is 0.504. The molecule has 7 atom stereocenters. The number of aliphatic hydroxyl groups excluding tert-OH is 2. The molecule has 0 aromatic heterocycles. The van der Waals surface area contributed by atoms with Crippen molar-refractivity contribution in [3.8, 4) is 0 Å². The second-order valence-corrected chi connectivity index (χ2v) is 10.4. The average Bonchev–Trinajstić information content (AvgIpc) is 2.96.